The molecule has 0 fully saturated rings. The van der Waals surface area contributed by atoms with Crippen LogP contribution in [-0.2, 0) is 9.59 Å². The first-order valence-electron chi connectivity index (χ1n) is 19.9. The maximum atomic E-state index is 14.6. The van der Waals surface area contributed by atoms with Gasteiger partial charge in [0.05, 0.1) is 6.54 Å². The Kier molecular flexibility index (Phi) is 16.1. The van der Waals surface area contributed by atoms with Crippen molar-refractivity contribution in [1.82, 2.24) is 20.4 Å². The van der Waals surface area contributed by atoms with E-state index in [1.807, 2.05) is 88.4 Å². The van der Waals surface area contributed by atoms with E-state index in [1.165, 1.54) is 44.9 Å². The monoisotopic (exact) mass is 722 g/mol. The molecule has 4 rings (SSSR count). The van der Waals surface area contributed by atoms with Crippen molar-refractivity contribution in [2.45, 2.75) is 123 Å². The predicted octanol–water partition coefficient (Wildman–Crippen LogP) is 9.03. The number of hydrogen-bond donors (Lipinski definition) is 2. The molecule has 4 amide bonds. The quantitative estimate of drug-likeness (QED) is 0.144. The topological polar surface area (TPSA) is 98.8 Å². The smallest absolute Gasteiger partial charge is 0.254 e. The summed E-state index contributed by atoms with van der Waals surface area (Å²) in [6, 6.07) is 21.7. The Morgan fingerprint density at radius 3 is 1.81 bits per heavy atom. The van der Waals surface area contributed by atoms with Crippen LogP contribution in [0.4, 0.5) is 0 Å². The average molecular weight is 723 g/mol. The van der Waals surface area contributed by atoms with Gasteiger partial charge in [-0.15, -0.1) is 0 Å². The van der Waals surface area contributed by atoms with E-state index in [4.69, 9.17) is 0 Å². The van der Waals surface area contributed by atoms with Gasteiger partial charge in [0.1, 0.15) is 6.04 Å². The minimum atomic E-state index is -0.832. The average Bonchev–Trinajstić information content (AvgIpc) is 3.13. The molecule has 286 valence electrons. The second kappa shape index (κ2) is 20.7. The molecule has 0 aromatic heterocycles. The van der Waals surface area contributed by atoms with Crippen LogP contribution in [0.15, 0.2) is 72.8 Å². The zero-order valence-electron chi connectivity index (χ0n) is 32.8. The summed E-state index contributed by atoms with van der Waals surface area (Å²) in [5.74, 6) is -0.872. The van der Waals surface area contributed by atoms with Crippen LogP contribution in [0.25, 0.3) is 11.1 Å². The summed E-state index contributed by atoms with van der Waals surface area (Å²) in [4.78, 5) is 59.0. The van der Waals surface area contributed by atoms with Crippen LogP contribution in [0.3, 0.4) is 0 Å². The third-order valence-electron chi connectivity index (χ3n) is 9.81. The summed E-state index contributed by atoms with van der Waals surface area (Å²) in [7, 11) is 0. The second-order valence-electron chi connectivity index (χ2n) is 15.7. The van der Waals surface area contributed by atoms with Gasteiger partial charge in [-0.25, -0.2) is 0 Å². The van der Waals surface area contributed by atoms with E-state index in [0.717, 1.165) is 41.5 Å². The number of amides is 4. The van der Waals surface area contributed by atoms with Crippen LogP contribution in [0.5, 0.6) is 0 Å². The molecule has 0 saturated heterocycles. The summed E-state index contributed by atoms with van der Waals surface area (Å²) in [5.41, 5.74) is 3.94. The third kappa shape index (κ3) is 13.2. The molecule has 1 unspecified atom stereocenters. The van der Waals surface area contributed by atoms with Crippen LogP contribution in [0, 0.1) is 6.92 Å². The summed E-state index contributed by atoms with van der Waals surface area (Å²) in [6.45, 7) is 11.1. The normalized spacial score (nSPS) is 14.4. The van der Waals surface area contributed by atoms with Crippen molar-refractivity contribution < 1.29 is 19.2 Å². The molecular formula is C45H62N4O4. The molecule has 1 aliphatic rings. The molecule has 8 nitrogen and oxygen atoms in total. The SMILES string of the molecule is CCCCCCCCCCCCNC(=O)C(c1ccc(C)cc1)N1CCCCN(CC(=O)NC(C)(C)C)C(=O)c2cccc(c2)-c2cccc(c2)C1=O. The van der Waals surface area contributed by atoms with E-state index in [0.29, 0.717) is 43.6 Å². The van der Waals surface area contributed by atoms with Crippen molar-refractivity contribution >= 4 is 23.6 Å². The van der Waals surface area contributed by atoms with Crippen LogP contribution < -0.4 is 10.6 Å². The number of nitrogens with one attached hydrogen (secondary N) is 2. The first kappa shape index (κ1) is 41.3. The van der Waals surface area contributed by atoms with Gasteiger partial charge in [0.15, 0.2) is 0 Å². The molecular weight excluding hydrogens is 661 g/mol. The summed E-state index contributed by atoms with van der Waals surface area (Å²) in [5, 5.41) is 6.15. The highest BCUT2D eigenvalue weighted by Gasteiger charge is 2.32. The van der Waals surface area contributed by atoms with Crippen molar-refractivity contribution in [2.24, 2.45) is 0 Å². The number of carbonyl (C=O) groups is 4. The lowest BCUT2D eigenvalue weighted by Crippen LogP contribution is -2.47. The van der Waals surface area contributed by atoms with Crippen LogP contribution in [0.2, 0.25) is 0 Å². The van der Waals surface area contributed by atoms with Gasteiger partial charge in [-0.05, 0) is 87.9 Å². The molecule has 4 bridgehead atoms. The van der Waals surface area contributed by atoms with Crippen LogP contribution >= 0.6 is 0 Å². The molecule has 0 saturated carbocycles. The number of aryl methyl sites for hydroxylation is 1. The van der Waals surface area contributed by atoms with E-state index in [9.17, 15) is 19.2 Å². The van der Waals surface area contributed by atoms with Gasteiger partial charge < -0.3 is 20.4 Å². The molecule has 8 heteroatoms. The minimum absolute atomic E-state index is 0.0776. The van der Waals surface area contributed by atoms with Gasteiger partial charge >= 0.3 is 0 Å². The number of hydrogen-bond acceptors (Lipinski definition) is 4. The highest BCUT2D eigenvalue weighted by atomic mass is 16.2. The first-order valence-corrected chi connectivity index (χ1v) is 19.9. The standard InChI is InChI=1S/C45H62N4O4/c1-6-7-8-9-10-11-12-13-14-15-28-46-42(51)41(35-26-24-34(2)25-27-35)49-30-17-16-29-48(33-40(50)47-45(3,4)5)43(52)38-22-18-20-36(31-38)37-21-19-23-39(32-37)44(49)53/h18-27,31-32,41H,6-17,28-30,33H2,1-5H3,(H,46,51)(H,47,50). The maximum Gasteiger partial charge on any atom is 0.254 e. The maximum absolute atomic E-state index is 14.6. The zero-order chi connectivity index (χ0) is 38.2. The summed E-state index contributed by atoms with van der Waals surface area (Å²) >= 11 is 0. The predicted molar refractivity (Wildman–Crippen MR) is 215 cm³/mol. The van der Waals surface area contributed by atoms with Gasteiger partial charge in [0, 0.05) is 36.3 Å². The molecule has 0 aliphatic carbocycles. The molecule has 0 radical (unpaired) electrons. The number of carbonyl (C=O) groups excluding carboxylic acids is 4. The molecule has 3 aromatic rings. The van der Waals surface area contributed by atoms with Gasteiger partial charge in [-0.3, -0.25) is 19.2 Å². The van der Waals surface area contributed by atoms with Gasteiger partial charge in [-0.2, -0.15) is 0 Å². The highest BCUT2D eigenvalue weighted by molar-refractivity contribution is 6.00. The fourth-order valence-electron chi connectivity index (χ4n) is 6.97. The van der Waals surface area contributed by atoms with Crippen LogP contribution in [-0.4, -0.2) is 65.1 Å². The van der Waals surface area contributed by atoms with Crippen molar-refractivity contribution in [3.8, 4) is 11.1 Å². The van der Waals surface area contributed by atoms with E-state index in [-0.39, 0.29) is 30.2 Å². The fourth-order valence-corrected chi connectivity index (χ4v) is 6.97. The number of unbranched alkanes of at least 4 members (excludes halogenated alkanes) is 9. The fraction of sp³-hybridized carbons (Fsp3) is 0.511. The largest absolute Gasteiger partial charge is 0.354 e. The molecule has 1 heterocycles. The number of rotatable bonds is 16. The lowest BCUT2D eigenvalue weighted by molar-refractivity contribution is -0.126. The van der Waals surface area contributed by atoms with Gasteiger partial charge in [-0.1, -0.05) is 119 Å². The Labute approximate surface area is 318 Å². The molecule has 1 atom stereocenters. The second-order valence-corrected chi connectivity index (χ2v) is 15.7. The lowest BCUT2D eigenvalue weighted by Gasteiger charge is -2.32. The van der Waals surface area contributed by atoms with E-state index >= 15 is 0 Å². The first-order chi connectivity index (χ1) is 25.5. The van der Waals surface area contributed by atoms with E-state index in [1.54, 1.807) is 21.9 Å². The third-order valence-corrected chi connectivity index (χ3v) is 9.81. The van der Waals surface area contributed by atoms with Crippen molar-refractivity contribution in [1.29, 1.82) is 0 Å². The Morgan fingerprint density at radius 1 is 0.698 bits per heavy atom. The van der Waals surface area contributed by atoms with Crippen molar-refractivity contribution in [3.63, 3.8) is 0 Å². The highest BCUT2D eigenvalue weighted by Crippen LogP contribution is 2.28. The summed E-state index contributed by atoms with van der Waals surface area (Å²) in [6.07, 6.45) is 13.2. The molecule has 0 spiro atoms. The number of fused-ring (bicyclic) bond motifs is 5. The van der Waals surface area contributed by atoms with E-state index in [2.05, 4.69) is 17.6 Å². The van der Waals surface area contributed by atoms with E-state index < -0.39 is 11.6 Å². The number of nitrogens with zero attached hydrogens (tertiary/aromatic N) is 2. The molecule has 1 aliphatic heterocycles. The summed E-state index contributed by atoms with van der Waals surface area (Å²) < 4.78 is 0. The zero-order valence-corrected chi connectivity index (χ0v) is 32.8. The Bertz CT molecular complexity index is 1640. The Balaban J connectivity index is 1.57. The lowest BCUT2D eigenvalue weighted by atomic mass is 9.98. The Hall–Kier alpha value is -4.46. The molecule has 3 aromatic carbocycles. The van der Waals surface area contributed by atoms with Crippen LogP contribution in [0.1, 0.15) is 143 Å². The molecule has 53 heavy (non-hydrogen) atoms. The van der Waals surface area contributed by atoms with Crippen molar-refractivity contribution in [2.75, 3.05) is 26.2 Å². The minimum Gasteiger partial charge on any atom is -0.354 e. The van der Waals surface area contributed by atoms with Gasteiger partial charge in [0.25, 0.3) is 11.8 Å². The van der Waals surface area contributed by atoms with Crippen molar-refractivity contribution in [3.05, 3.63) is 95.1 Å². The Morgan fingerprint density at radius 2 is 1.23 bits per heavy atom. The van der Waals surface area contributed by atoms with Gasteiger partial charge in [0.2, 0.25) is 11.8 Å². The molecule has 2 N–H and O–H groups in total. The number of benzene rings is 3.